The summed E-state index contributed by atoms with van der Waals surface area (Å²) in [4.78, 5) is 3.71. The minimum absolute atomic E-state index is 0.419. The number of aromatic nitrogens is 3. The molecular formula is C9H10FN3O. The van der Waals surface area contributed by atoms with Crippen molar-refractivity contribution in [1.29, 1.82) is 0 Å². The number of hydrogen-bond donors (Lipinski definition) is 0. The summed E-state index contributed by atoms with van der Waals surface area (Å²) >= 11 is 0. The number of methoxy groups -OCH3 is 1. The fraction of sp³-hybridized carbons (Fsp3) is 0.333. The maximum absolute atomic E-state index is 12.9. The highest BCUT2D eigenvalue weighted by Crippen LogP contribution is 2.11. The number of nitrogens with zero attached hydrogens (tertiary/aromatic N) is 3. The Morgan fingerprint density at radius 3 is 3.07 bits per heavy atom. The van der Waals surface area contributed by atoms with Gasteiger partial charge >= 0.3 is 0 Å². The molecule has 14 heavy (non-hydrogen) atoms. The van der Waals surface area contributed by atoms with E-state index in [0.29, 0.717) is 12.3 Å². The third-order valence-corrected chi connectivity index (χ3v) is 1.95. The lowest BCUT2D eigenvalue weighted by molar-refractivity contribution is 0.181. The molecule has 2 aromatic heterocycles. The van der Waals surface area contributed by atoms with Crippen molar-refractivity contribution in [2.45, 2.75) is 13.5 Å². The fourth-order valence-corrected chi connectivity index (χ4v) is 1.38. The first-order valence-electron chi connectivity index (χ1n) is 4.21. The summed E-state index contributed by atoms with van der Waals surface area (Å²) < 4.78 is 19.3. The Balaban J connectivity index is 2.58. The van der Waals surface area contributed by atoms with Crippen molar-refractivity contribution >= 4 is 5.52 Å². The molecule has 0 spiro atoms. The van der Waals surface area contributed by atoms with Crippen LogP contribution in [0.4, 0.5) is 4.39 Å². The molecule has 0 bridgehead atoms. The first-order chi connectivity index (χ1) is 6.70. The van der Waals surface area contributed by atoms with Gasteiger partial charge in [0.25, 0.3) is 0 Å². The minimum atomic E-state index is -0.526. The molecule has 0 radical (unpaired) electrons. The van der Waals surface area contributed by atoms with E-state index in [1.54, 1.807) is 14.0 Å². The van der Waals surface area contributed by atoms with Crippen LogP contribution in [0, 0.1) is 12.9 Å². The average Bonchev–Trinajstić information content (AvgIpc) is 2.48. The van der Waals surface area contributed by atoms with Crippen LogP contribution < -0.4 is 0 Å². The molecule has 2 heterocycles. The second-order valence-electron chi connectivity index (χ2n) is 3.05. The summed E-state index contributed by atoms with van der Waals surface area (Å²) in [5, 5.41) is 4.14. The molecule has 5 heteroatoms. The quantitative estimate of drug-likeness (QED) is 0.725. The van der Waals surface area contributed by atoms with Crippen LogP contribution in [-0.4, -0.2) is 21.7 Å². The molecule has 0 N–H and O–H groups in total. The maximum Gasteiger partial charge on any atom is 0.231 e. The van der Waals surface area contributed by atoms with Gasteiger partial charge in [0.1, 0.15) is 0 Å². The Hall–Kier alpha value is -1.49. The van der Waals surface area contributed by atoms with Crippen molar-refractivity contribution in [2.75, 3.05) is 7.11 Å². The van der Waals surface area contributed by atoms with Gasteiger partial charge in [-0.3, -0.25) is 0 Å². The molecule has 0 aliphatic heterocycles. The van der Waals surface area contributed by atoms with E-state index in [1.807, 2.05) is 6.07 Å². The van der Waals surface area contributed by atoms with Crippen molar-refractivity contribution in [2.24, 2.45) is 0 Å². The number of ether oxygens (including phenoxy) is 1. The van der Waals surface area contributed by atoms with Crippen LogP contribution in [0.15, 0.2) is 12.3 Å². The SMILES string of the molecule is COCc1cc2c(C)nc(F)cn2n1. The summed E-state index contributed by atoms with van der Waals surface area (Å²) in [5.41, 5.74) is 2.20. The zero-order valence-corrected chi connectivity index (χ0v) is 7.99. The second-order valence-corrected chi connectivity index (χ2v) is 3.05. The van der Waals surface area contributed by atoms with E-state index in [9.17, 15) is 4.39 Å². The first-order valence-corrected chi connectivity index (χ1v) is 4.21. The zero-order chi connectivity index (χ0) is 10.1. The van der Waals surface area contributed by atoms with Gasteiger partial charge in [-0.1, -0.05) is 0 Å². The highest BCUT2D eigenvalue weighted by atomic mass is 19.1. The highest BCUT2D eigenvalue weighted by Gasteiger charge is 2.06. The molecule has 2 aromatic rings. The molecule has 0 saturated heterocycles. The van der Waals surface area contributed by atoms with Crippen LogP contribution in [-0.2, 0) is 11.3 Å². The highest BCUT2D eigenvalue weighted by molar-refractivity contribution is 5.51. The lowest BCUT2D eigenvalue weighted by Crippen LogP contribution is -1.96. The van der Waals surface area contributed by atoms with E-state index in [2.05, 4.69) is 10.1 Å². The van der Waals surface area contributed by atoms with E-state index in [0.717, 1.165) is 11.2 Å². The van der Waals surface area contributed by atoms with Crippen LogP contribution >= 0.6 is 0 Å². The molecule has 0 atom stereocenters. The number of hydrogen-bond acceptors (Lipinski definition) is 3. The lowest BCUT2D eigenvalue weighted by Gasteiger charge is -1.95. The largest absolute Gasteiger partial charge is 0.378 e. The number of rotatable bonds is 2. The van der Waals surface area contributed by atoms with Gasteiger partial charge in [0, 0.05) is 7.11 Å². The molecule has 4 nitrogen and oxygen atoms in total. The van der Waals surface area contributed by atoms with E-state index in [-0.39, 0.29) is 0 Å². The Morgan fingerprint density at radius 2 is 2.36 bits per heavy atom. The summed E-state index contributed by atoms with van der Waals surface area (Å²) in [6.45, 7) is 2.17. The second kappa shape index (κ2) is 3.34. The van der Waals surface area contributed by atoms with Crippen molar-refractivity contribution < 1.29 is 9.13 Å². The van der Waals surface area contributed by atoms with E-state index >= 15 is 0 Å². The predicted octanol–water partition coefficient (Wildman–Crippen LogP) is 1.32. The molecular weight excluding hydrogens is 185 g/mol. The Bertz CT molecular complexity index is 466. The molecule has 0 saturated carbocycles. The third-order valence-electron chi connectivity index (χ3n) is 1.95. The molecule has 0 fully saturated rings. The third kappa shape index (κ3) is 1.46. The Labute approximate surface area is 80.3 Å². The maximum atomic E-state index is 12.9. The average molecular weight is 195 g/mol. The van der Waals surface area contributed by atoms with Gasteiger partial charge in [0.05, 0.1) is 29.7 Å². The van der Waals surface area contributed by atoms with Crippen molar-refractivity contribution in [3.05, 3.63) is 29.6 Å². The standard InChI is InChI=1S/C9H10FN3O/c1-6-8-3-7(5-14-2)12-13(8)4-9(10)11-6/h3-4H,5H2,1-2H3. The van der Waals surface area contributed by atoms with Gasteiger partial charge in [-0.05, 0) is 13.0 Å². The molecule has 0 aromatic carbocycles. The Morgan fingerprint density at radius 1 is 1.57 bits per heavy atom. The monoisotopic (exact) mass is 195 g/mol. The normalized spacial score (nSPS) is 11.1. The van der Waals surface area contributed by atoms with Gasteiger partial charge < -0.3 is 4.74 Å². The van der Waals surface area contributed by atoms with Crippen LogP contribution in [0.3, 0.4) is 0 Å². The zero-order valence-electron chi connectivity index (χ0n) is 7.99. The van der Waals surface area contributed by atoms with Crippen LogP contribution in [0.1, 0.15) is 11.4 Å². The van der Waals surface area contributed by atoms with E-state index in [4.69, 9.17) is 4.74 Å². The van der Waals surface area contributed by atoms with Crippen molar-refractivity contribution in [1.82, 2.24) is 14.6 Å². The predicted molar refractivity (Wildman–Crippen MR) is 48.4 cm³/mol. The van der Waals surface area contributed by atoms with Gasteiger partial charge in [0.15, 0.2) is 0 Å². The number of aryl methyl sites for hydroxylation is 1. The summed E-state index contributed by atoms with van der Waals surface area (Å²) in [6, 6.07) is 1.84. The van der Waals surface area contributed by atoms with Gasteiger partial charge in [0.2, 0.25) is 5.95 Å². The smallest absolute Gasteiger partial charge is 0.231 e. The summed E-state index contributed by atoms with van der Waals surface area (Å²) in [6.07, 6.45) is 1.25. The van der Waals surface area contributed by atoms with Gasteiger partial charge in [-0.25, -0.2) is 9.50 Å². The van der Waals surface area contributed by atoms with Crippen LogP contribution in [0.5, 0.6) is 0 Å². The summed E-state index contributed by atoms with van der Waals surface area (Å²) in [5.74, 6) is -0.526. The Kier molecular flexibility index (Phi) is 2.17. The van der Waals surface area contributed by atoms with Gasteiger partial charge in [-0.2, -0.15) is 9.49 Å². The van der Waals surface area contributed by atoms with Crippen LogP contribution in [0.2, 0.25) is 0 Å². The fourth-order valence-electron chi connectivity index (χ4n) is 1.38. The van der Waals surface area contributed by atoms with E-state index in [1.165, 1.54) is 10.7 Å². The van der Waals surface area contributed by atoms with Crippen molar-refractivity contribution in [3.8, 4) is 0 Å². The topological polar surface area (TPSA) is 39.4 Å². The molecule has 0 aliphatic rings. The van der Waals surface area contributed by atoms with Crippen molar-refractivity contribution in [3.63, 3.8) is 0 Å². The molecule has 0 amide bonds. The van der Waals surface area contributed by atoms with Crippen LogP contribution in [0.25, 0.3) is 5.52 Å². The molecule has 0 aliphatic carbocycles. The van der Waals surface area contributed by atoms with E-state index < -0.39 is 5.95 Å². The summed E-state index contributed by atoms with van der Waals surface area (Å²) in [7, 11) is 1.59. The number of halogens is 1. The molecule has 2 rings (SSSR count). The minimum Gasteiger partial charge on any atom is -0.378 e. The molecule has 0 unspecified atom stereocenters. The molecule has 74 valence electrons. The van der Waals surface area contributed by atoms with Gasteiger partial charge in [-0.15, -0.1) is 0 Å². The first kappa shape index (κ1) is 9.08. The lowest BCUT2D eigenvalue weighted by atomic mass is 10.3. The number of fused-ring (bicyclic) bond motifs is 1.